The number of carboxylic acid groups (broad SMARTS) is 1. The number of hydrogen-bond donors (Lipinski definition) is 2. The highest BCUT2D eigenvalue weighted by Gasteiger charge is 2.32. The molecule has 2 heterocycles. The van der Waals surface area contributed by atoms with Gasteiger partial charge in [0.05, 0.1) is 6.42 Å². The van der Waals surface area contributed by atoms with E-state index in [0.717, 1.165) is 43.1 Å². The number of carboxylic acids is 1. The molecule has 2 aliphatic rings. The molecule has 2 atom stereocenters. The second-order valence-electron chi connectivity index (χ2n) is 7.21. The lowest BCUT2D eigenvalue weighted by molar-refractivity contribution is -0.137. The molecule has 0 bridgehead atoms. The molecule has 0 spiro atoms. The van der Waals surface area contributed by atoms with Crippen molar-refractivity contribution in [3.8, 4) is 11.5 Å². The van der Waals surface area contributed by atoms with Crippen LogP contribution in [0.3, 0.4) is 0 Å². The van der Waals surface area contributed by atoms with Crippen LogP contribution in [0.4, 0.5) is 0 Å². The van der Waals surface area contributed by atoms with E-state index >= 15 is 0 Å². The van der Waals surface area contributed by atoms with Gasteiger partial charge in [-0.15, -0.1) is 0 Å². The van der Waals surface area contributed by atoms with Crippen molar-refractivity contribution in [2.75, 3.05) is 26.2 Å². The summed E-state index contributed by atoms with van der Waals surface area (Å²) in [6.07, 6.45) is 1.01. The molecule has 0 aromatic heterocycles. The van der Waals surface area contributed by atoms with Gasteiger partial charge in [-0.05, 0) is 41.8 Å². The minimum atomic E-state index is -0.748. The predicted molar refractivity (Wildman–Crippen MR) is 105 cm³/mol. The number of fused-ring (bicyclic) bond motifs is 2. The number of nitrogens with one attached hydrogen (secondary N) is 1. The van der Waals surface area contributed by atoms with Crippen LogP contribution < -0.4 is 10.1 Å². The summed E-state index contributed by atoms with van der Waals surface area (Å²) in [5.41, 5.74) is 2.29. The van der Waals surface area contributed by atoms with Crippen LogP contribution in [-0.4, -0.2) is 48.2 Å². The van der Waals surface area contributed by atoms with Gasteiger partial charge < -0.3 is 15.2 Å². The van der Waals surface area contributed by atoms with E-state index in [4.69, 9.17) is 21.4 Å². The van der Waals surface area contributed by atoms with E-state index in [9.17, 15) is 4.79 Å². The van der Waals surface area contributed by atoms with Gasteiger partial charge in [0, 0.05) is 43.2 Å². The molecule has 142 valence electrons. The molecule has 4 rings (SSSR count). The Labute approximate surface area is 163 Å². The van der Waals surface area contributed by atoms with Crippen LogP contribution in [0.25, 0.3) is 0 Å². The highest BCUT2D eigenvalue weighted by Crippen LogP contribution is 2.41. The lowest BCUT2D eigenvalue weighted by atomic mass is 9.84. The summed E-state index contributed by atoms with van der Waals surface area (Å²) in [4.78, 5) is 13.2. The highest BCUT2D eigenvalue weighted by atomic mass is 35.5. The van der Waals surface area contributed by atoms with Gasteiger partial charge in [0.25, 0.3) is 0 Å². The summed E-state index contributed by atoms with van der Waals surface area (Å²) < 4.78 is 6.21. The molecule has 27 heavy (non-hydrogen) atoms. The van der Waals surface area contributed by atoms with Crippen LogP contribution in [0, 0.1) is 0 Å². The van der Waals surface area contributed by atoms with Crippen LogP contribution in [0.2, 0.25) is 5.02 Å². The Morgan fingerprint density at radius 3 is 2.96 bits per heavy atom. The summed E-state index contributed by atoms with van der Waals surface area (Å²) >= 11 is 6.23. The third-order valence-corrected chi connectivity index (χ3v) is 5.65. The average molecular weight is 387 g/mol. The van der Waals surface area contributed by atoms with Gasteiger partial charge in [-0.1, -0.05) is 29.8 Å². The van der Waals surface area contributed by atoms with Crippen LogP contribution in [0.1, 0.15) is 23.5 Å². The topological polar surface area (TPSA) is 61.8 Å². The van der Waals surface area contributed by atoms with Gasteiger partial charge in [-0.25, -0.2) is 0 Å². The maximum absolute atomic E-state index is 10.9. The van der Waals surface area contributed by atoms with Crippen molar-refractivity contribution in [2.24, 2.45) is 0 Å². The molecule has 2 unspecified atom stereocenters. The monoisotopic (exact) mass is 386 g/mol. The Morgan fingerprint density at radius 1 is 1.26 bits per heavy atom. The van der Waals surface area contributed by atoms with Crippen molar-refractivity contribution in [3.63, 3.8) is 0 Å². The average Bonchev–Trinajstić information content (AvgIpc) is 2.83. The van der Waals surface area contributed by atoms with Crippen molar-refractivity contribution >= 4 is 17.6 Å². The van der Waals surface area contributed by atoms with Gasteiger partial charge in [-0.3, -0.25) is 9.69 Å². The summed E-state index contributed by atoms with van der Waals surface area (Å²) in [5.74, 6) is 1.22. The smallest absolute Gasteiger partial charge is 0.304 e. The first kappa shape index (κ1) is 18.3. The van der Waals surface area contributed by atoms with Crippen molar-refractivity contribution in [2.45, 2.75) is 24.8 Å². The van der Waals surface area contributed by atoms with Crippen LogP contribution in [0.5, 0.6) is 11.5 Å². The van der Waals surface area contributed by atoms with E-state index < -0.39 is 5.97 Å². The van der Waals surface area contributed by atoms with Gasteiger partial charge >= 0.3 is 5.97 Å². The van der Waals surface area contributed by atoms with E-state index in [1.54, 1.807) is 0 Å². The fourth-order valence-corrected chi connectivity index (χ4v) is 4.27. The Bertz CT molecular complexity index is 842. The number of nitrogens with zero attached hydrogens (tertiary/aromatic N) is 1. The Kier molecular flexibility index (Phi) is 5.34. The number of rotatable bonds is 4. The number of benzene rings is 2. The molecule has 0 radical (unpaired) electrons. The number of hydrogen-bond acceptors (Lipinski definition) is 4. The fraction of sp³-hybridized carbons (Fsp3) is 0.381. The molecule has 2 aromatic carbocycles. The molecular weight excluding hydrogens is 364 g/mol. The Balaban J connectivity index is 1.63. The largest absolute Gasteiger partial charge is 0.481 e. The first-order chi connectivity index (χ1) is 13.1. The molecular formula is C21H23ClN2O3. The Morgan fingerprint density at radius 2 is 2.11 bits per heavy atom. The van der Waals surface area contributed by atoms with Crippen molar-refractivity contribution in [1.29, 1.82) is 0 Å². The molecule has 6 heteroatoms. The normalized spacial score (nSPS) is 22.3. The molecule has 2 N–H and O–H groups in total. The number of para-hydroxylation sites is 1. The maximum Gasteiger partial charge on any atom is 0.304 e. The summed E-state index contributed by atoms with van der Waals surface area (Å²) in [5, 5.41) is 13.3. The highest BCUT2D eigenvalue weighted by molar-refractivity contribution is 6.30. The second-order valence-corrected chi connectivity index (χ2v) is 7.64. The number of carbonyl (C=O) groups is 1. The minimum absolute atomic E-state index is 0.176. The maximum atomic E-state index is 10.9. The molecule has 5 nitrogen and oxygen atoms in total. The Hall–Kier alpha value is -2.08. The SMILES string of the molecule is O=C(O)CCN1CCNC(C2Cc3cc(Cl)ccc3Oc3ccccc32)C1. The van der Waals surface area contributed by atoms with E-state index in [0.29, 0.717) is 11.6 Å². The van der Waals surface area contributed by atoms with E-state index in [-0.39, 0.29) is 18.4 Å². The van der Waals surface area contributed by atoms with Gasteiger partial charge in [0.2, 0.25) is 0 Å². The van der Waals surface area contributed by atoms with Crippen molar-refractivity contribution in [3.05, 3.63) is 58.6 Å². The second kappa shape index (κ2) is 7.89. The minimum Gasteiger partial charge on any atom is -0.481 e. The van der Waals surface area contributed by atoms with Crippen LogP contribution in [0.15, 0.2) is 42.5 Å². The van der Waals surface area contributed by atoms with Gasteiger partial charge in [0.15, 0.2) is 0 Å². The number of ether oxygens (including phenoxy) is 1. The predicted octanol–water partition coefficient (Wildman–Crippen LogP) is 3.52. The molecule has 0 amide bonds. The molecule has 0 aliphatic carbocycles. The summed E-state index contributed by atoms with van der Waals surface area (Å²) in [7, 11) is 0. The van der Waals surface area contributed by atoms with E-state index in [1.807, 2.05) is 36.4 Å². The molecule has 1 fully saturated rings. The lowest BCUT2D eigenvalue weighted by Crippen LogP contribution is -2.53. The zero-order valence-corrected chi connectivity index (χ0v) is 15.8. The van der Waals surface area contributed by atoms with Crippen molar-refractivity contribution < 1.29 is 14.6 Å². The summed E-state index contributed by atoms with van der Waals surface area (Å²) in [6.45, 7) is 3.13. The van der Waals surface area contributed by atoms with Gasteiger partial charge in [0.1, 0.15) is 11.5 Å². The van der Waals surface area contributed by atoms with Crippen LogP contribution in [-0.2, 0) is 11.2 Å². The zero-order chi connectivity index (χ0) is 18.8. The summed E-state index contributed by atoms with van der Waals surface area (Å²) in [6, 6.07) is 14.2. The number of piperazine rings is 1. The fourth-order valence-electron chi connectivity index (χ4n) is 4.08. The van der Waals surface area contributed by atoms with Crippen LogP contribution >= 0.6 is 11.6 Å². The standard InChI is InChI=1S/C21H23ClN2O3/c22-15-5-6-19-14(11-15)12-17(16-3-1-2-4-20(16)27-19)18-13-24(10-8-23-18)9-7-21(25)26/h1-6,11,17-18,23H,7-10,12-13H2,(H,25,26). The van der Waals surface area contributed by atoms with E-state index in [1.165, 1.54) is 5.56 Å². The third kappa shape index (κ3) is 4.10. The molecule has 0 saturated carbocycles. The quantitative estimate of drug-likeness (QED) is 0.841. The number of halogens is 1. The van der Waals surface area contributed by atoms with Crippen molar-refractivity contribution in [1.82, 2.24) is 10.2 Å². The zero-order valence-electron chi connectivity index (χ0n) is 15.0. The molecule has 2 aliphatic heterocycles. The lowest BCUT2D eigenvalue weighted by Gasteiger charge is -2.37. The van der Waals surface area contributed by atoms with E-state index in [2.05, 4.69) is 16.3 Å². The number of aliphatic carboxylic acids is 1. The first-order valence-electron chi connectivity index (χ1n) is 9.33. The third-order valence-electron chi connectivity index (χ3n) is 5.42. The molecule has 2 aromatic rings. The molecule has 1 saturated heterocycles. The van der Waals surface area contributed by atoms with Gasteiger partial charge in [-0.2, -0.15) is 0 Å². The first-order valence-corrected chi connectivity index (χ1v) is 9.70.